The number of likely N-dealkylation sites (tertiary alicyclic amines) is 1. The summed E-state index contributed by atoms with van der Waals surface area (Å²) >= 11 is 0. The summed E-state index contributed by atoms with van der Waals surface area (Å²) < 4.78 is 10.8. The summed E-state index contributed by atoms with van der Waals surface area (Å²) in [5.41, 5.74) is 0.904. The summed E-state index contributed by atoms with van der Waals surface area (Å²) in [5, 5.41) is 0. The van der Waals surface area contributed by atoms with Crippen molar-refractivity contribution >= 4 is 6.09 Å². The van der Waals surface area contributed by atoms with Crippen molar-refractivity contribution in [3.8, 4) is 0 Å². The van der Waals surface area contributed by atoms with E-state index in [0.29, 0.717) is 19.1 Å². The molecule has 0 unspecified atom stereocenters. The lowest BCUT2D eigenvalue weighted by atomic mass is 9.96. The number of piperidine rings is 1. The van der Waals surface area contributed by atoms with Crippen molar-refractivity contribution in [2.75, 3.05) is 39.9 Å². The highest BCUT2D eigenvalue weighted by atomic mass is 16.6. The first-order valence-electron chi connectivity index (χ1n) is 10.1. The zero-order chi connectivity index (χ0) is 19.7. The molecular weight excluding hydrogens is 340 g/mol. The first-order valence-corrected chi connectivity index (χ1v) is 10.1. The molecule has 0 radical (unpaired) electrons. The van der Waals surface area contributed by atoms with Crippen LogP contribution in [-0.2, 0) is 16.0 Å². The molecule has 1 aromatic rings. The fourth-order valence-electron chi connectivity index (χ4n) is 3.46. The predicted molar refractivity (Wildman–Crippen MR) is 109 cm³/mol. The summed E-state index contributed by atoms with van der Waals surface area (Å²) in [7, 11) is 1.69. The van der Waals surface area contributed by atoms with E-state index in [9.17, 15) is 4.79 Å². The van der Waals surface area contributed by atoms with E-state index in [1.165, 1.54) is 5.56 Å². The van der Waals surface area contributed by atoms with E-state index in [1.54, 1.807) is 7.11 Å². The maximum atomic E-state index is 12.6. The minimum Gasteiger partial charge on any atom is -0.444 e. The molecule has 1 saturated heterocycles. The van der Waals surface area contributed by atoms with Gasteiger partial charge < -0.3 is 14.4 Å². The van der Waals surface area contributed by atoms with Gasteiger partial charge in [0.25, 0.3) is 0 Å². The quantitative estimate of drug-likeness (QED) is 0.639. The van der Waals surface area contributed by atoms with Gasteiger partial charge >= 0.3 is 6.09 Å². The van der Waals surface area contributed by atoms with Gasteiger partial charge in [0, 0.05) is 33.4 Å². The van der Waals surface area contributed by atoms with Crippen molar-refractivity contribution in [2.24, 2.45) is 5.92 Å². The minimum absolute atomic E-state index is 0.203. The van der Waals surface area contributed by atoms with Crippen LogP contribution in [0, 0.1) is 5.92 Å². The number of rotatable bonds is 8. The summed E-state index contributed by atoms with van der Waals surface area (Å²) in [6, 6.07) is 10.6. The van der Waals surface area contributed by atoms with E-state index in [1.807, 2.05) is 25.7 Å². The van der Waals surface area contributed by atoms with Crippen molar-refractivity contribution in [3.05, 3.63) is 35.9 Å². The second-order valence-corrected chi connectivity index (χ2v) is 8.48. The molecule has 1 aliphatic rings. The van der Waals surface area contributed by atoms with Crippen LogP contribution in [0.2, 0.25) is 0 Å². The van der Waals surface area contributed by atoms with Gasteiger partial charge in [-0.25, -0.2) is 4.79 Å². The van der Waals surface area contributed by atoms with Crippen LogP contribution >= 0.6 is 0 Å². The summed E-state index contributed by atoms with van der Waals surface area (Å²) in [6.07, 6.45) is 2.88. The number of carbonyl (C=O) groups excluding carboxylic acids is 1. The molecule has 0 bridgehead atoms. The summed E-state index contributed by atoms with van der Waals surface area (Å²) in [4.78, 5) is 17.0. The number of methoxy groups -OCH3 is 1. The molecule has 5 nitrogen and oxygen atoms in total. The number of ether oxygens (including phenoxy) is 2. The first-order chi connectivity index (χ1) is 12.9. The Bertz CT molecular complexity index is 548. The van der Waals surface area contributed by atoms with Crippen molar-refractivity contribution in [3.63, 3.8) is 0 Å². The maximum absolute atomic E-state index is 12.6. The molecule has 0 N–H and O–H groups in total. The van der Waals surface area contributed by atoms with Gasteiger partial charge in [-0.05, 0) is 64.6 Å². The van der Waals surface area contributed by atoms with Crippen LogP contribution < -0.4 is 0 Å². The molecule has 1 aliphatic heterocycles. The molecule has 0 aliphatic carbocycles. The molecule has 0 aromatic heterocycles. The third kappa shape index (κ3) is 8.31. The van der Waals surface area contributed by atoms with Gasteiger partial charge in [0.2, 0.25) is 0 Å². The Morgan fingerprint density at radius 3 is 2.44 bits per heavy atom. The Morgan fingerprint density at radius 2 is 1.85 bits per heavy atom. The third-order valence-corrected chi connectivity index (χ3v) is 4.86. The Kier molecular flexibility index (Phi) is 8.58. The van der Waals surface area contributed by atoms with Crippen molar-refractivity contribution in [2.45, 2.75) is 52.2 Å². The monoisotopic (exact) mass is 376 g/mol. The topological polar surface area (TPSA) is 42.0 Å². The van der Waals surface area contributed by atoms with Crippen LogP contribution in [0.1, 0.15) is 45.6 Å². The number of benzene rings is 1. The first kappa shape index (κ1) is 21.7. The molecule has 0 atom stereocenters. The van der Waals surface area contributed by atoms with Crippen molar-refractivity contribution in [1.82, 2.24) is 9.80 Å². The van der Waals surface area contributed by atoms with Crippen LogP contribution in [-0.4, -0.2) is 61.4 Å². The van der Waals surface area contributed by atoms with Crippen LogP contribution in [0.25, 0.3) is 0 Å². The van der Waals surface area contributed by atoms with Crippen molar-refractivity contribution in [1.29, 1.82) is 0 Å². The zero-order valence-corrected chi connectivity index (χ0v) is 17.4. The fourth-order valence-corrected chi connectivity index (χ4v) is 3.46. The molecule has 5 heteroatoms. The maximum Gasteiger partial charge on any atom is 0.410 e. The van der Waals surface area contributed by atoms with E-state index < -0.39 is 5.60 Å². The Morgan fingerprint density at radius 1 is 1.19 bits per heavy atom. The van der Waals surface area contributed by atoms with E-state index in [-0.39, 0.29) is 6.09 Å². The van der Waals surface area contributed by atoms with Gasteiger partial charge in [0.1, 0.15) is 5.60 Å². The van der Waals surface area contributed by atoms with Gasteiger partial charge in [-0.3, -0.25) is 4.90 Å². The smallest absolute Gasteiger partial charge is 0.410 e. The molecule has 27 heavy (non-hydrogen) atoms. The van der Waals surface area contributed by atoms with E-state index in [2.05, 4.69) is 35.2 Å². The predicted octanol–water partition coefficient (Wildman–Crippen LogP) is 4.17. The number of carbonyl (C=O) groups is 1. The standard InChI is InChI=1S/C22H36N2O3/c1-22(2,3)27-21(25)24(13-8-16-26-4)18-20-11-14-23(15-12-20)17-19-9-6-5-7-10-19/h5-7,9-10,20H,8,11-18H2,1-4H3. The Labute approximate surface area is 164 Å². The van der Waals surface area contributed by atoms with Crippen LogP contribution in [0.4, 0.5) is 4.79 Å². The van der Waals surface area contributed by atoms with Gasteiger partial charge in [-0.15, -0.1) is 0 Å². The second-order valence-electron chi connectivity index (χ2n) is 8.48. The second kappa shape index (κ2) is 10.7. The Balaban J connectivity index is 1.83. The number of hydrogen-bond acceptors (Lipinski definition) is 4. The highest BCUT2D eigenvalue weighted by molar-refractivity contribution is 5.68. The molecule has 1 aromatic carbocycles. The van der Waals surface area contributed by atoms with Crippen molar-refractivity contribution < 1.29 is 14.3 Å². The average molecular weight is 377 g/mol. The number of nitrogens with zero attached hydrogens (tertiary/aromatic N) is 2. The largest absolute Gasteiger partial charge is 0.444 e. The zero-order valence-electron chi connectivity index (χ0n) is 17.4. The lowest BCUT2D eigenvalue weighted by Crippen LogP contribution is -2.43. The number of amides is 1. The molecule has 2 rings (SSSR count). The molecule has 152 valence electrons. The van der Waals surface area contributed by atoms with Gasteiger partial charge in [0.15, 0.2) is 0 Å². The average Bonchev–Trinajstić information content (AvgIpc) is 2.62. The van der Waals surface area contributed by atoms with E-state index >= 15 is 0 Å². The minimum atomic E-state index is -0.463. The lowest BCUT2D eigenvalue weighted by molar-refractivity contribution is 0.0177. The molecule has 0 saturated carbocycles. The van der Waals surface area contributed by atoms with Crippen LogP contribution in [0.3, 0.4) is 0 Å². The van der Waals surface area contributed by atoms with E-state index in [4.69, 9.17) is 9.47 Å². The van der Waals surface area contributed by atoms with Crippen LogP contribution in [0.5, 0.6) is 0 Å². The fraction of sp³-hybridized carbons (Fsp3) is 0.682. The molecule has 0 spiro atoms. The van der Waals surface area contributed by atoms with Gasteiger partial charge in [0.05, 0.1) is 0 Å². The third-order valence-electron chi connectivity index (χ3n) is 4.86. The molecule has 1 fully saturated rings. The van der Waals surface area contributed by atoms with Gasteiger partial charge in [-0.1, -0.05) is 30.3 Å². The van der Waals surface area contributed by atoms with Crippen LogP contribution in [0.15, 0.2) is 30.3 Å². The molecule has 1 amide bonds. The summed E-state index contributed by atoms with van der Waals surface area (Å²) in [6.45, 7) is 11.1. The highest BCUT2D eigenvalue weighted by Gasteiger charge is 2.26. The van der Waals surface area contributed by atoms with Gasteiger partial charge in [-0.2, -0.15) is 0 Å². The lowest BCUT2D eigenvalue weighted by Gasteiger charge is -2.35. The molecule has 1 heterocycles. The Hall–Kier alpha value is -1.59. The SMILES string of the molecule is COCCCN(CC1CCN(Cc2ccccc2)CC1)C(=O)OC(C)(C)C. The number of hydrogen-bond donors (Lipinski definition) is 0. The summed E-state index contributed by atoms with van der Waals surface area (Å²) in [5.74, 6) is 0.534. The molecular formula is C22H36N2O3. The normalized spacial score (nSPS) is 16.3. The highest BCUT2D eigenvalue weighted by Crippen LogP contribution is 2.21. The van der Waals surface area contributed by atoms with E-state index in [0.717, 1.165) is 45.4 Å².